The summed E-state index contributed by atoms with van der Waals surface area (Å²) in [7, 11) is 0. The maximum absolute atomic E-state index is 11.2. The SMILES string of the molecule is O=C1N=NSC1=CCCCCCCCCCOC1CCCCO1. The van der Waals surface area contributed by atoms with E-state index in [4.69, 9.17) is 9.47 Å². The fraction of sp³-hybridized carbons (Fsp3) is 0.824. The molecule has 0 aromatic carbocycles. The van der Waals surface area contributed by atoms with Gasteiger partial charge < -0.3 is 9.47 Å². The molecule has 0 aromatic heterocycles. The van der Waals surface area contributed by atoms with E-state index in [0.29, 0.717) is 4.91 Å². The van der Waals surface area contributed by atoms with Crippen molar-refractivity contribution in [2.75, 3.05) is 13.2 Å². The molecule has 1 atom stereocenters. The third-order valence-electron chi connectivity index (χ3n) is 4.10. The van der Waals surface area contributed by atoms with Crippen LogP contribution in [-0.4, -0.2) is 25.4 Å². The summed E-state index contributed by atoms with van der Waals surface area (Å²) in [4.78, 5) is 11.9. The fourth-order valence-electron chi connectivity index (χ4n) is 2.74. The summed E-state index contributed by atoms with van der Waals surface area (Å²) < 4.78 is 14.9. The lowest BCUT2D eigenvalue weighted by molar-refractivity contribution is -0.162. The summed E-state index contributed by atoms with van der Waals surface area (Å²) in [5.41, 5.74) is 0. The lowest BCUT2D eigenvalue weighted by atomic mass is 10.1. The minimum atomic E-state index is -0.184. The quantitative estimate of drug-likeness (QED) is 0.295. The van der Waals surface area contributed by atoms with Crippen LogP contribution in [0.15, 0.2) is 20.6 Å². The van der Waals surface area contributed by atoms with E-state index < -0.39 is 0 Å². The Balaban J connectivity index is 1.32. The number of amides is 1. The van der Waals surface area contributed by atoms with Crippen LogP contribution in [-0.2, 0) is 14.3 Å². The second-order valence-corrected chi connectivity index (χ2v) is 6.86. The summed E-state index contributed by atoms with van der Waals surface area (Å²) in [5, 5.41) is 3.47. The highest BCUT2D eigenvalue weighted by Crippen LogP contribution is 2.26. The highest BCUT2D eigenvalue weighted by molar-refractivity contribution is 8.03. The number of carbonyl (C=O) groups excluding carboxylic acids is 1. The van der Waals surface area contributed by atoms with Gasteiger partial charge in [0.2, 0.25) is 0 Å². The van der Waals surface area contributed by atoms with Crippen LogP contribution in [0.4, 0.5) is 0 Å². The van der Waals surface area contributed by atoms with Gasteiger partial charge in [-0.3, -0.25) is 4.79 Å². The second-order valence-electron chi connectivity index (χ2n) is 6.08. The smallest absolute Gasteiger partial charge is 0.303 e. The first-order valence-electron chi connectivity index (χ1n) is 8.92. The number of allylic oxidation sites excluding steroid dienone is 1. The molecule has 1 fully saturated rings. The molecule has 0 N–H and O–H groups in total. The Bertz CT molecular complexity index is 407. The summed E-state index contributed by atoms with van der Waals surface area (Å²) in [6, 6.07) is 0. The van der Waals surface area contributed by atoms with Gasteiger partial charge in [0.15, 0.2) is 6.29 Å². The number of carbonyl (C=O) groups is 1. The first-order chi connectivity index (χ1) is 11.4. The van der Waals surface area contributed by atoms with Crippen LogP contribution in [0.5, 0.6) is 0 Å². The maximum atomic E-state index is 11.2. The van der Waals surface area contributed by atoms with Gasteiger partial charge in [-0.1, -0.05) is 43.3 Å². The minimum Gasteiger partial charge on any atom is -0.353 e. The van der Waals surface area contributed by atoms with Crippen LogP contribution in [0.1, 0.15) is 70.6 Å². The van der Waals surface area contributed by atoms with E-state index in [1.807, 2.05) is 6.08 Å². The van der Waals surface area contributed by atoms with E-state index in [2.05, 4.69) is 9.63 Å². The number of hydrogen-bond acceptors (Lipinski definition) is 5. The van der Waals surface area contributed by atoms with Crippen LogP contribution in [0.3, 0.4) is 0 Å². The molecule has 1 saturated heterocycles. The van der Waals surface area contributed by atoms with Crippen molar-refractivity contribution in [2.24, 2.45) is 9.63 Å². The lowest BCUT2D eigenvalue weighted by Gasteiger charge is -2.22. The summed E-state index contributed by atoms with van der Waals surface area (Å²) >= 11 is 1.19. The molecule has 0 saturated carbocycles. The average molecular weight is 340 g/mol. The zero-order valence-electron chi connectivity index (χ0n) is 13.9. The number of unbranched alkanes of at least 4 members (excludes halogenated alkanes) is 7. The average Bonchev–Trinajstić information content (AvgIpc) is 2.99. The largest absolute Gasteiger partial charge is 0.353 e. The molecule has 2 rings (SSSR count). The molecule has 130 valence electrons. The van der Waals surface area contributed by atoms with Crippen molar-refractivity contribution < 1.29 is 14.3 Å². The molecule has 23 heavy (non-hydrogen) atoms. The van der Waals surface area contributed by atoms with Crippen molar-refractivity contribution in [3.05, 3.63) is 11.0 Å². The van der Waals surface area contributed by atoms with E-state index in [1.165, 1.54) is 56.9 Å². The molecule has 1 amide bonds. The topological polar surface area (TPSA) is 60.2 Å². The van der Waals surface area contributed by atoms with E-state index in [9.17, 15) is 4.79 Å². The van der Waals surface area contributed by atoms with Gasteiger partial charge in [-0.15, -0.1) is 4.52 Å². The van der Waals surface area contributed by atoms with Gasteiger partial charge in [0.25, 0.3) is 0 Å². The molecule has 0 spiro atoms. The molecule has 2 aliphatic rings. The molecule has 5 nitrogen and oxygen atoms in total. The molecule has 0 aromatic rings. The number of hydrogen-bond donors (Lipinski definition) is 0. The monoisotopic (exact) mass is 340 g/mol. The van der Waals surface area contributed by atoms with Gasteiger partial charge in [-0.2, -0.15) is 0 Å². The molecular weight excluding hydrogens is 312 g/mol. The standard InChI is InChI=1S/C17H28N2O3S/c20-17-15(23-19-18-17)11-7-5-3-1-2-4-6-9-13-21-16-12-8-10-14-22-16/h11,16H,1-10,12-14H2. The maximum Gasteiger partial charge on any atom is 0.303 e. The lowest BCUT2D eigenvalue weighted by Crippen LogP contribution is -2.22. The van der Waals surface area contributed by atoms with E-state index in [1.54, 1.807) is 0 Å². The third kappa shape index (κ3) is 8.08. The highest BCUT2D eigenvalue weighted by Gasteiger charge is 2.14. The second kappa shape index (κ2) is 11.8. The van der Waals surface area contributed by atoms with Crippen molar-refractivity contribution in [1.29, 1.82) is 0 Å². The Morgan fingerprint density at radius 1 is 1.13 bits per heavy atom. The first-order valence-corrected chi connectivity index (χ1v) is 9.69. The summed E-state index contributed by atoms with van der Waals surface area (Å²) in [6.45, 7) is 1.69. The van der Waals surface area contributed by atoms with Gasteiger partial charge in [0.1, 0.15) is 0 Å². The normalized spacial score (nSPS) is 23.0. The van der Waals surface area contributed by atoms with E-state index >= 15 is 0 Å². The van der Waals surface area contributed by atoms with Crippen molar-refractivity contribution in [3.63, 3.8) is 0 Å². The molecule has 2 heterocycles. The predicted octanol–water partition coefficient (Wildman–Crippen LogP) is 5.17. The van der Waals surface area contributed by atoms with Crippen molar-refractivity contribution in [1.82, 2.24) is 0 Å². The van der Waals surface area contributed by atoms with Crippen molar-refractivity contribution >= 4 is 17.9 Å². The van der Waals surface area contributed by atoms with Crippen LogP contribution in [0.2, 0.25) is 0 Å². The van der Waals surface area contributed by atoms with Crippen molar-refractivity contribution in [3.8, 4) is 0 Å². The molecule has 2 aliphatic heterocycles. The molecular formula is C17H28N2O3S. The Hall–Kier alpha value is -0.720. The van der Waals surface area contributed by atoms with Gasteiger partial charge in [0.05, 0.1) is 4.91 Å². The van der Waals surface area contributed by atoms with Crippen LogP contribution < -0.4 is 0 Å². The minimum absolute atomic E-state index is 0.0587. The predicted molar refractivity (Wildman–Crippen MR) is 92.0 cm³/mol. The Morgan fingerprint density at radius 3 is 2.61 bits per heavy atom. The number of ether oxygens (including phenoxy) is 2. The van der Waals surface area contributed by atoms with Gasteiger partial charge >= 0.3 is 5.91 Å². The van der Waals surface area contributed by atoms with Crippen LogP contribution in [0, 0.1) is 0 Å². The van der Waals surface area contributed by atoms with E-state index in [0.717, 1.165) is 38.9 Å². The van der Waals surface area contributed by atoms with Gasteiger partial charge in [-0.25, -0.2) is 0 Å². The molecule has 0 aliphatic carbocycles. The number of rotatable bonds is 11. The Kier molecular flexibility index (Phi) is 9.52. The van der Waals surface area contributed by atoms with Gasteiger partial charge in [-0.05, 0) is 38.5 Å². The van der Waals surface area contributed by atoms with Gasteiger partial charge in [0, 0.05) is 25.2 Å². The zero-order valence-corrected chi connectivity index (χ0v) is 14.7. The Labute approximate surface area is 143 Å². The highest BCUT2D eigenvalue weighted by atomic mass is 32.2. The molecule has 0 radical (unpaired) electrons. The summed E-state index contributed by atoms with van der Waals surface area (Å²) in [6.07, 6.45) is 15.0. The molecule has 1 unspecified atom stereocenters. The molecule has 0 bridgehead atoms. The first kappa shape index (κ1) is 18.6. The van der Waals surface area contributed by atoms with Crippen LogP contribution in [0.25, 0.3) is 0 Å². The third-order valence-corrected chi connectivity index (χ3v) is 4.80. The fourth-order valence-corrected chi connectivity index (χ4v) is 3.25. The Morgan fingerprint density at radius 2 is 1.91 bits per heavy atom. The number of nitrogens with zero attached hydrogens (tertiary/aromatic N) is 2. The molecule has 6 heteroatoms. The van der Waals surface area contributed by atoms with Crippen LogP contribution >= 0.6 is 11.9 Å². The van der Waals surface area contributed by atoms with E-state index in [-0.39, 0.29) is 12.2 Å². The zero-order chi connectivity index (χ0) is 16.2. The summed E-state index contributed by atoms with van der Waals surface area (Å²) in [5.74, 6) is -0.184. The van der Waals surface area contributed by atoms with Crippen molar-refractivity contribution in [2.45, 2.75) is 76.9 Å².